The molecule has 0 atom stereocenters. The molecule has 4 aromatic rings. The molecule has 0 radical (unpaired) electrons. The van der Waals surface area contributed by atoms with Crippen LogP contribution in [0.4, 0.5) is 0 Å². The van der Waals surface area contributed by atoms with Crippen molar-refractivity contribution in [3.05, 3.63) is 100 Å². The number of fused-ring (bicyclic) bond motifs is 1. The van der Waals surface area contributed by atoms with E-state index in [-0.39, 0.29) is 11.1 Å². The van der Waals surface area contributed by atoms with E-state index < -0.39 is 18.5 Å². The Morgan fingerprint density at radius 2 is 1.61 bits per heavy atom. The van der Waals surface area contributed by atoms with Crippen molar-refractivity contribution in [2.75, 3.05) is 6.61 Å². The average molecular weight is 442 g/mol. The number of rotatable bonds is 7. The summed E-state index contributed by atoms with van der Waals surface area (Å²) < 4.78 is 6.55. The first kappa shape index (κ1) is 21.5. The smallest absolute Gasteiger partial charge is 0.341 e. The zero-order chi connectivity index (χ0) is 23.4. The van der Waals surface area contributed by atoms with Crippen LogP contribution in [0.5, 0.6) is 5.75 Å². The number of benzene rings is 3. The first-order valence-electron chi connectivity index (χ1n) is 9.90. The van der Waals surface area contributed by atoms with E-state index >= 15 is 0 Å². The van der Waals surface area contributed by atoms with Crippen LogP contribution in [0.1, 0.15) is 21.7 Å². The summed E-state index contributed by atoms with van der Waals surface area (Å²) in [5.41, 5.74) is 1.65. The summed E-state index contributed by atoms with van der Waals surface area (Å²) in [4.78, 5) is 39.7. The maximum atomic E-state index is 13.3. The number of carbonyl (C=O) groups is 2. The lowest BCUT2D eigenvalue weighted by Crippen LogP contribution is -2.22. The molecule has 1 heterocycles. The summed E-state index contributed by atoms with van der Waals surface area (Å²) in [5, 5.41) is 18.3. The predicted octanol–water partition coefficient (Wildman–Crippen LogP) is 3.72. The third-order valence-corrected chi connectivity index (χ3v) is 4.84. The van der Waals surface area contributed by atoms with E-state index in [2.05, 4.69) is 4.98 Å². The quantitative estimate of drug-likeness (QED) is 0.448. The van der Waals surface area contributed by atoms with Crippen molar-refractivity contribution in [3.8, 4) is 11.4 Å². The highest BCUT2D eigenvalue weighted by Gasteiger charge is 2.12. The molecular formula is C25H18N2O6. The maximum absolute atomic E-state index is 13.3. The monoisotopic (exact) mass is 442 g/mol. The van der Waals surface area contributed by atoms with Gasteiger partial charge in [0.15, 0.2) is 6.61 Å². The van der Waals surface area contributed by atoms with Crippen LogP contribution in [0.2, 0.25) is 0 Å². The summed E-state index contributed by atoms with van der Waals surface area (Å²) in [6.45, 7) is -0.427. The molecule has 0 bridgehead atoms. The molecule has 8 nitrogen and oxygen atoms in total. The van der Waals surface area contributed by atoms with Crippen LogP contribution >= 0.6 is 0 Å². The molecule has 0 unspecified atom stereocenters. The van der Waals surface area contributed by atoms with E-state index in [4.69, 9.17) is 14.9 Å². The Labute approximate surface area is 187 Å². The van der Waals surface area contributed by atoms with Crippen molar-refractivity contribution in [3.63, 3.8) is 0 Å². The average Bonchev–Trinajstić information content (AvgIpc) is 2.82. The Hall–Kier alpha value is -4.72. The molecule has 0 saturated heterocycles. The number of ether oxygens (including phenoxy) is 1. The van der Waals surface area contributed by atoms with Crippen molar-refractivity contribution in [1.82, 2.24) is 9.55 Å². The fraction of sp³-hybridized carbons (Fsp3) is 0.0400. The molecule has 0 aliphatic carbocycles. The zero-order valence-corrected chi connectivity index (χ0v) is 17.2. The van der Waals surface area contributed by atoms with Crippen LogP contribution in [0.25, 0.3) is 28.7 Å². The van der Waals surface area contributed by atoms with Crippen LogP contribution in [0.3, 0.4) is 0 Å². The molecule has 2 N–H and O–H groups in total. The Morgan fingerprint density at radius 1 is 0.909 bits per heavy atom. The summed E-state index contributed by atoms with van der Waals surface area (Å²) >= 11 is 0. The van der Waals surface area contributed by atoms with Crippen molar-refractivity contribution in [2.45, 2.75) is 0 Å². The molecule has 164 valence electrons. The van der Waals surface area contributed by atoms with Gasteiger partial charge in [0, 0.05) is 0 Å². The number of para-hydroxylation sites is 1. The van der Waals surface area contributed by atoms with Gasteiger partial charge in [-0.25, -0.2) is 14.6 Å². The number of nitrogens with zero attached hydrogens (tertiary/aromatic N) is 2. The summed E-state index contributed by atoms with van der Waals surface area (Å²) in [7, 11) is 0. The molecule has 3 aromatic carbocycles. The van der Waals surface area contributed by atoms with Crippen LogP contribution in [-0.2, 0) is 4.79 Å². The normalized spacial score (nSPS) is 11.0. The molecule has 1 aromatic heterocycles. The number of hydrogen-bond donors (Lipinski definition) is 2. The molecule has 0 saturated carbocycles. The SMILES string of the molecule is O=C(O)COc1ccc(C=Cc2nc3ccccc3c(=O)n2-c2ccc(C(=O)O)cc2)cc1. The van der Waals surface area contributed by atoms with Crippen LogP contribution in [0, 0.1) is 0 Å². The Kier molecular flexibility index (Phi) is 5.99. The minimum Gasteiger partial charge on any atom is -0.482 e. The van der Waals surface area contributed by atoms with Gasteiger partial charge in [-0.15, -0.1) is 0 Å². The molecule has 0 aliphatic heterocycles. The van der Waals surface area contributed by atoms with E-state index in [1.165, 1.54) is 16.7 Å². The van der Waals surface area contributed by atoms with E-state index in [1.54, 1.807) is 72.8 Å². The Balaban J connectivity index is 1.74. The topological polar surface area (TPSA) is 119 Å². The lowest BCUT2D eigenvalue weighted by Gasteiger charge is -2.12. The third kappa shape index (κ3) is 4.80. The van der Waals surface area contributed by atoms with Gasteiger partial charge in [0.05, 0.1) is 22.2 Å². The number of aromatic nitrogens is 2. The molecule has 33 heavy (non-hydrogen) atoms. The fourth-order valence-corrected chi connectivity index (χ4v) is 3.26. The lowest BCUT2D eigenvalue weighted by molar-refractivity contribution is -0.139. The highest BCUT2D eigenvalue weighted by Crippen LogP contribution is 2.18. The molecular weight excluding hydrogens is 424 g/mol. The Morgan fingerprint density at radius 3 is 2.27 bits per heavy atom. The van der Waals surface area contributed by atoms with E-state index in [1.807, 2.05) is 0 Å². The minimum absolute atomic E-state index is 0.114. The highest BCUT2D eigenvalue weighted by molar-refractivity contribution is 5.88. The summed E-state index contributed by atoms with van der Waals surface area (Å²) in [6, 6.07) is 19.8. The van der Waals surface area contributed by atoms with Crippen LogP contribution in [0.15, 0.2) is 77.6 Å². The summed E-state index contributed by atoms with van der Waals surface area (Å²) in [5.74, 6) is -1.32. The zero-order valence-electron chi connectivity index (χ0n) is 17.2. The molecule has 4 rings (SSSR count). The van der Waals surface area contributed by atoms with Crippen molar-refractivity contribution in [2.24, 2.45) is 0 Å². The first-order chi connectivity index (χ1) is 15.9. The van der Waals surface area contributed by atoms with Gasteiger partial charge in [-0.3, -0.25) is 9.36 Å². The molecule has 0 aliphatic rings. The largest absolute Gasteiger partial charge is 0.482 e. The lowest BCUT2D eigenvalue weighted by atomic mass is 10.1. The minimum atomic E-state index is -1.06. The number of carboxylic acid groups (broad SMARTS) is 2. The van der Waals surface area contributed by atoms with Gasteiger partial charge in [-0.2, -0.15) is 0 Å². The third-order valence-electron chi connectivity index (χ3n) is 4.84. The standard InChI is InChI=1S/C25H18N2O6/c28-23(29)15-33-19-12-5-16(6-13-19)7-14-22-26-21-4-2-1-3-20(21)24(30)27(22)18-10-8-17(9-11-18)25(31)32/h1-14H,15H2,(H,28,29)(H,31,32). The maximum Gasteiger partial charge on any atom is 0.341 e. The van der Waals surface area contributed by atoms with E-state index in [0.717, 1.165) is 5.56 Å². The molecule has 0 amide bonds. The number of carboxylic acids is 2. The fourth-order valence-electron chi connectivity index (χ4n) is 3.26. The van der Waals surface area contributed by atoms with Gasteiger partial charge in [-0.05, 0) is 60.2 Å². The van der Waals surface area contributed by atoms with Gasteiger partial charge in [-0.1, -0.05) is 30.3 Å². The van der Waals surface area contributed by atoms with Gasteiger partial charge < -0.3 is 14.9 Å². The van der Waals surface area contributed by atoms with Crippen molar-refractivity contribution in [1.29, 1.82) is 0 Å². The van der Waals surface area contributed by atoms with Crippen molar-refractivity contribution < 1.29 is 24.5 Å². The predicted molar refractivity (Wildman–Crippen MR) is 123 cm³/mol. The van der Waals surface area contributed by atoms with Gasteiger partial charge in [0.25, 0.3) is 5.56 Å². The van der Waals surface area contributed by atoms with Gasteiger partial charge in [0.2, 0.25) is 0 Å². The van der Waals surface area contributed by atoms with E-state index in [0.29, 0.717) is 28.2 Å². The van der Waals surface area contributed by atoms with Gasteiger partial charge in [0.1, 0.15) is 11.6 Å². The second-order valence-electron chi connectivity index (χ2n) is 7.06. The Bertz CT molecular complexity index is 1420. The van der Waals surface area contributed by atoms with Crippen molar-refractivity contribution >= 4 is 35.0 Å². The van der Waals surface area contributed by atoms with Crippen LogP contribution in [-0.4, -0.2) is 38.3 Å². The van der Waals surface area contributed by atoms with Gasteiger partial charge >= 0.3 is 11.9 Å². The number of aromatic carboxylic acids is 1. The summed E-state index contributed by atoms with van der Waals surface area (Å²) in [6.07, 6.45) is 3.45. The molecule has 8 heteroatoms. The second-order valence-corrected chi connectivity index (χ2v) is 7.06. The van der Waals surface area contributed by atoms with E-state index in [9.17, 15) is 14.4 Å². The number of hydrogen-bond acceptors (Lipinski definition) is 5. The second kappa shape index (κ2) is 9.19. The molecule has 0 fully saturated rings. The first-order valence-corrected chi connectivity index (χ1v) is 9.90. The number of aliphatic carboxylic acids is 1. The highest BCUT2D eigenvalue weighted by atomic mass is 16.5. The van der Waals surface area contributed by atoms with Crippen LogP contribution < -0.4 is 10.3 Å². The molecule has 0 spiro atoms.